The molecule has 1 saturated heterocycles. The molecule has 2 rings (SSSR count). The van der Waals surface area contributed by atoms with Crippen molar-refractivity contribution in [1.82, 2.24) is 0 Å². The van der Waals surface area contributed by atoms with Gasteiger partial charge in [-0.05, 0) is 53.9 Å². The van der Waals surface area contributed by atoms with Gasteiger partial charge in [0.1, 0.15) is 23.2 Å². The molecule has 1 aliphatic carbocycles. The van der Waals surface area contributed by atoms with Gasteiger partial charge in [0, 0.05) is 17.9 Å². The molecule has 0 aromatic carbocycles. The average Bonchev–Trinajstić information content (AvgIpc) is 3.04. The Kier molecular flexibility index (Phi) is 6.29. The average molecular weight is 391 g/mol. The molecule has 0 radical (unpaired) electrons. The molecule has 0 aromatic rings. The Hall–Kier alpha value is -1.88. The highest BCUT2D eigenvalue weighted by Crippen LogP contribution is 2.48. The quantitative estimate of drug-likeness (QED) is 0.492. The van der Waals surface area contributed by atoms with E-state index in [-0.39, 0.29) is 35.2 Å². The molecule has 0 saturated carbocycles. The summed E-state index contributed by atoms with van der Waals surface area (Å²) >= 11 is 0. The van der Waals surface area contributed by atoms with E-state index in [9.17, 15) is 19.8 Å². The van der Waals surface area contributed by atoms with Crippen molar-refractivity contribution in [3.63, 3.8) is 0 Å². The first-order chi connectivity index (χ1) is 12.8. The topological polar surface area (TPSA) is 83.8 Å². The minimum Gasteiger partial charge on any atom is -0.511 e. The fourth-order valence-electron chi connectivity index (χ4n) is 3.66. The second-order valence-corrected chi connectivity index (χ2v) is 9.15. The number of carbonyl (C=O) groups excluding carboxylic acids is 2. The number of aliphatic hydroxyl groups is 2. The van der Waals surface area contributed by atoms with Crippen LogP contribution in [0.15, 0.2) is 34.3 Å². The molecular formula is C23H34O5. The SMILES string of the molecule is CCC(C)C(=O)C1=C2O[C@H]([C@](C)(O)CCC=C(C)C)CC2=C(O)C(C)(C)C1=O. The lowest BCUT2D eigenvalue weighted by molar-refractivity contribution is -0.128. The van der Waals surface area contributed by atoms with Gasteiger partial charge in [-0.25, -0.2) is 0 Å². The molecule has 28 heavy (non-hydrogen) atoms. The summed E-state index contributed by atoms with van der Waals surface area (Å²) in [6.07, 6.45) is 3.50. The number of hydrogen-bond donors (Lipinski definition) is 2. The summed E-state index contributed by atoms with van der Waals surface area (Å²) in [5.74, 6) is -0.885. The zero-order valence-electron chi connectivity index (χ0n) is 18.2. The van der Waals surface area contributed by atoms with Crippen LogP contribution in [-0.4, -0.2) is 33.5 Å². The van der Waals surface area contributed by atoms with E-state index >= 15 is 0 Å². The largest absolute Gasteiger partial charge is 0.511 e. The van der Waals surface area contributed by atoms with E-state index in [1.165, 1.54) is 5.57 Å². The Morgan fingerprint density at radius 1 is 1.39 bits per heavy atom. The van der Waals surface area contributed by atoms with Gasteiger partial charge in [-0.15, -0.1) is 0 Å². The highest BCUT2D eigenvalue weighted by Gasteiger charge is 2.51. The highest BCUT2D eigenvalue weighted by atomic mass is 16.5. The van der Waals surface area contributed by atoms with Crippen molar-refractivity contribution in [3.05, 3.63) is 34.3 Å². The zero-order valence-corrected chi connectivity index (χ0v) is 18.2. The first-order valence-corrected chi connectivity index (χ1v) is 10.1. The van der Waals surface area contributed by atoms with Crippen molar-refractivity contribution in [2.45, 2.75) is 85.9 Å². The van der Waals surface area contributed by atoms with Gasteiger partial charge in [0.25, 0.3) is 0 Å². The molecule has 1 unspecified atom stereocenters. The molecule has 0 bridgehead atoms. The number of aliphatic hydroxyl groups excluding tert-OH is 1. The van der Waals surface area contributed by atoms with E-state index in [1.807, 2.05) is 20.8 Å². The van der Waals surface area contributed by atoms with E-state index in [0.717, 1.165) is 0 Å². The van der Waals surface area contributed by atoms with Gasteiger partial charge in [0.05, 0.1) is 11.0 Å². The van der Waals surface area contributed by atoms with E-state index in [0.29, 0.717) is 24.8 Å². The summed E-state index contributed by atoms with van der Waals surface area (Å²) in [6.45, 7) is 12.6. The predicted octanol–water partition coefficient (Wildman–Crippen LogP) is 4.56. The fourth-order valence-corrected chi connectivity index (χ4v) is 3.66. The Morgan fingerprint density at radius 2 is 2.00 bits per heavy atom. The number of ether oxygens (including phenoxy) is 1. The Balaban J connectivity index is 2.46. The zero-order chi connectivity index (χ0) is 21.4. The summed E-state index contributed by atoms with van der Waals surface area (Å²) in [4.78, 5) is 26.0. The molecule has 1 fully saturated rings. The van der Waals surface area contributed by atoms with E-state index in [4.69, 9.17) is 4.74 Å². The van der Waals surface area contributed by atoms with E-state index in [1.54, 1.807) is 27.7 Å². The molecule has 3 atom stereocenters. The third-order valence-electron chi connectivity index (χ3n) is 6.03. The first kappa shape index (κ1) is 22.4. The van der Waals surface area contributed by atoms with Crippen molar-refractivity contribution in [3.8, 4) is 0 Å². The van der Waals surface area contributed by atoms with E-state index in [2.05, 4.69) is 6.08 Å². The van der Waals surface area contributed by atoms with Gasteiger partial charge in [-0.2, -0.15) is 0 Å². The number of ketones is 2. The molecule has 5 nitrogen and oxygen atoms in total. The van der Waals surface area contributed by atoms with Gasteiger partial charge in [-0.3, -0.25) is 9.59 Å². The molecule has 1 aliphatic heterocycles. The lowest BCUT2D eigenvalue weighted by atomic mass is 9.72. The molecule has 0 aromatic heterocycles. The van der Waals surface area contributed by atoms with Crippen molar-refractivity contribution >= 4 is 11.6 Å². The Labute approximate surface area is 168 Å². The fraction of sp³-hybridized carbons (Fsp3) is 0.652. The maximum absolute atomic E-state index is 13.0. The maximum atomic E-state index is 13.0. The summed E-state index contributed by atoms with van der Waals surface area (Å²) in [5.41, 5.74) is -0.641. The second kappa shape index (κ2) is 7.86. The van der Waals surface area contributed by atoms with Gasteiger partial charge in [0.2, 0.25) is 0 Å². The third kappa shape index (κ3) is 3.95. The molecule has 156 valence electrons. The molecule has 2 aliphatic rings. The van der Waals surface area contributed by atoms with Crippen LogP contribution in [0, 0.1) is 11.3 Å². The summed E-state index contributed by atoms with van der Waals surface area (Å²) < 4.78 is 6.00. The Bertz CT molecular complexity index is 760. The number of Topliss-reactive ketones (excluding diaryl/α,β-unsaturated/α-hetero) is 2. The van der Waals surface area contributed by atoms with Gasteiger partial charge in [0.15, 0.2) is 11.6 Å². The van der Waals surface area contributed by atoms with Crippen LogP contribution in [0.2, 0.25) is 0 Å². The lowest BCUT2D eigenvalue weighted by Gasteiger charge is -2.30. The first-order valence-electron chi connectivity index (χ1n) is 10.1. The standard InChI is InChI=1S/C23H34O5/c1-8-14(4)18(24)17-19-15(20(25)22(5,6)21(17)26)12-16(28-19)23(7,27)11-9-10-13(2)3/h10,14,16,25,27H,8-9,11-12H2,1-7H3/t14?,16-,23+/m0/s1. The molecule has 1 heterocycles. The lowest BCUT2D eigenvalue weighted by Crippen LogP contribution is -2.38. The van der Waals surface area contributed by atoms with E-state index < -0.39 is 22.9 Å². The second-order valence-electron chi connectivity index (χ2n) is 9.15. The van der Waals surface area contributed by atoms with Gasteiger partial charge in [-0.1, -0.05) is 25.5 Å². The van der Waals surface area contributed by atoms with Crippen LogP contribution in [0.5, 0.6) is 0 Å². The molecule has 0 spiro atoms. The van der Waals surface area contributed by atoms with Crippen LogP contribution >= 0.6 is 0 Å². The van der Waals surface area contributed by atoms with Crippen molar-refractivity contribution in [1.29, 1.82) is 0 Å². The summed E-state index contributed by atoms with van der Waals surface area (Å²) in [6, 6.07) is 0. The van der Waals surface area contributed by atoms with Crippen LogP contribution in [-0.2, 0) is 14.3 Å². The monoisotopic (exact) mass is 390 g/mol. The van der Waals surface area contributed by atoms with Gasteiger partial charge >= 0.3 is 0 Å². The van der Waals surface area contributed by atoms with Crippen molar-refractivity contribution < 1.29 is 24.5 Å². The number of rotatable bonds is 7. The van der Waals surface area contributed by atoms with Crippen LogP contribution < -0.4 is 0 Å². The van der Waals surface area contributed by atoms with Crippen LogP contribution in [0.1, 0.15) is 74.1 Å². The number of fused-ring (bicyclic) bond motifs is 1. The molecular weight excluding hydrogens is 356 g/mol. The Morgan fingerprint density at radius 3 is 2.54 bits per heavy atom. The van der Waals surface area contributed by atoms with Crippen LogP contribution in [0.3, 0.4) is 0 Å². The number of carbonyl (C=O) groups is 2. The number of allylic oxidation sites excluding steroid dienone is 5. The highest BCUT2D eigenvalue weighted by molar-refractivity contribution is 6.24. The van der Waals surface area contributed by atoms with Gasteiger partial charge < -0.3 is 14.9 Å². The predicted molar refractivity (Wildman–Crippen MR) is 109 cm³/mol. The minimum absolute atomic E-state index is 0.0368. The third-order valence-corrected chi connectivity index (χ3v) is 6.03. The molecule has 5 heteroatoms. The summed E-state index contributed by atoms with van der Waals surface area (Å²) in [5, 5.41) is 21.7. The molecule has 0 amide bonds. The minimum atomic E-state index is -1.18. The summed E-state index contributed by atoms with van der Waals surface area (Å²) in [7, 11) is 0. The maximum Gasteiger partial charge on any atom is 0.183 e. The molecule has 2 N–H and O–H groups in total. The van der Waals surface area contributed by atoms with Crippen molar-refractivity contribution in [2.24, 2.45) is 11.3 Å². The van der Waals surface area contributed by atoms with Crippen LogP contribution in [0.4, 0.5) is 0 Å². The van der Waals surface area contributed by atoms with Crippen LogP contribution in [0.25, 0.3) is 0 Å². The smallest absolute Gasteiger partial charge is 0.183 e. The number of hydrogen-bond acceptors (Lipinski definition) is 5. The van der Waals surface area contributed by atoms with Crippen molar-refractivity contribution in [2.75, 3.05) is 0 Å². The normalized spacial score (nSPS) is 24.4.